The Morgan fingerprint density at radius 1 is 1.16 bits per heavy atom. The number of esters is 1. The number of hydrogen-bond donors (Lipinski definition) is 1. The quantitative estimate of drug-likeness (QED) is 0.795. The maximum absolute atomic E-state index is 12.0. The average molecular weight is 362 g/mol. The summed E-state index contributed by atoms with van der Waals surface area (Å²) >= 11 is 5.95. The van der Waals surface area contributed by atoms with Crippen LogP contribution in [0.4, 0.5) is 5.69 Å². The number of halogens is 1. The fraction of sp³-hybridized carbons (Fsp3) is 0.176. The summed E-state index contributed by atoms with van der Waals surface area (Å²) in [6.45, 7) is -0.684. The second-order valence-electron chi connectivity index (χ2n) is 5.07. The van der Waals surface area contributed by atoms with Crippen molar-refractivity contribution in [2.24, 2.45) is 0 Å². The number of carbonyl (C=O) groups excluding carboxylic acids is 3. The predicted octanol–water partition coefficient (Wildman–Crippen LogP) is 1.99. The van der Waals surface area contributed by atoms with Gasteiger partial charge in [-0.2, -0.15) is 0 Å². The Bertz CT molecular complexity index is 767. The monoisotopic (exact) mass is 361 g/mol. The first-order valence-corrected chi connectivity index (χ1v) is 7.71. The molecule has 0 fully saturated rings. The van der Waals surface area contributed by atoms with E-state index in [2.05, 4.69) is 10.3 Å². The van der Waals surface area contributed by atoms with Gasteiger partial charge in [0.05, 0.1) is 17.3 Å². The van der Waals surface area contributed by atoms with E-state index in [-0.39, 0.29) is 12.2 Å². The van der Waals surface area contributed by atoms with Gasteiger partial charge in [0.1, 0.15) is 5.69 Å². The van der Waals surface area contributed by atoms with E-state index in [9.17, 15) is 14.4 Å². The molecule has 0 bridgehead atoms. The van der Waals surface area contributed by atoms with E-state index in [0.29, 0.717) is 10.7 Å². The summed E-state index contributed by atoms with van der Waals surface area (Å²) in [5.74, 6) is -1.64. The van der Waals surface area contributed by atoms with Crippen LogP contribution in [0.2, 0.25) is 5.02 Å². The number of nitrogens with one attached hydrogen (secondary N) is 1. The zero-order valence-corrected chi connectivity index (χ0v) is 14.2. The standard InChI is InChI=1S/C17H16ClN3O4/c1-21(10-15(22)20-13-7-3-2-6-12(13)18)16(23)11-25-17(24)14-8-4-5-9-19-14/h2-9H,10-11H2,1H3,(H,20,22). The van der Waals surface area contributed by atoms with Gasteiger partial charge in [0.25, 0.3) is 5.91 Å². The number of hydrogen-bond acceptors (Lipinski definition) is 5. The van der Waals surface area contributed by atoms with E-state index in [1.807, 2.05) is 0 Å². The molecular weight excluding hydrogens is 346 g/mol. The van der Waals surface area contributed by atoms with Gasteiger partial charge in [-0.15, -0.1) is 0 Å². The van der Waals surface area contributed by atoms with Gasteiger partial charge < -0.3 is 15.0 Å². The van der Waals surface area contributed by atoms with Gasteiger partial charge in [-0.3, -0.25) is 9.59 Å². The van der Waals surface area contributed by atoms with Crippen molar-refractivity contribution >= 4 is 35.1 Å². The smallest absolute Gasteiger partial charge is 0.357 e. The number of para-hydroxylation sites is 1. The van der Waals surface area contributed by atoms with Gasteiger partial charge in [0, 0.05) is 13.2 Å². The van der Waals surface area contributed by atoms with Crippen molar-refractivity contribution in [1.82, 2.24) is 9.88 Å². The maximum atomic E-state index is 12.0. The highest BCUT2D eigenvalue weighted by Crippen LogP contribution is 2.20. The molecule has 2 rings (SSSR count). The second kappa shape index (κ2) is 8.79. The molecule has 0 saturated heterocycles. The minimum Gasteiger partial charge on any atom is -0.451 e. The van der Waals surface area contributed by atoms with Crippen LogP contribution in [0, 0.1) is 0 Å². The van der Waals surface area contributed by atoms with E-state index in [0.717, 1.165) is 4.90 Å². The van der Waals surface area contributed by atoms with Crippen LogP contribution in [0.15, 0.2) is 48.7 Å². The molecule has 0 aliphatic rings. The molecule has 0 aliphatic carbocycles. The lowest BCUT2D eigenvalue weighted by atomic mass is 10.3. The molecule has 8 heteroatoms. The van der Waals surface area contributed by atoms with Gasteiger partial charge in [0.2, 0.25) is 5.91 Å². The number of amides is 2. The molecule has 1 aromatic heterocycles. The van der Waals surface area contributed by atoms with Crippen molar-refractivity contribution < 1.29 is 19.1 Å². The summed E-state index contributed by atoms with van der Waals surface area (Å²) in [6.07, 6.45) is 1.45. The minimum absolute atomic E-state index is 0.106. The summed E-state index contributed by atoms with van der Waals surface area (Å²) < 4.78 is 4.88. The summed E-state index contributed by atoms with van der Waals surface area (Å²) in [4.78, 5) is 40.6. The third kappa shape index (κ3) is 5.58. The summed E-state index contributed by atoms with van der Waals surface area (Å²) in [5, 5.41) is 3.00. The summed E-state index contributed by atoms with van der Waals surface area (Å²) in [7, 11) is 1.43. The van der Waals surface area contributed by atoms with Crippen molar-refractivity contribution in [3.05, 3.63) is 59.4 Å². The molecule has 2 aromatic rings. The van der Waals surface area contributed by atoms with Crippen LogP contribution in [-0.2, 0) is 14.3 Å². The first-order chi connectivity index (χ1) is 12.0. The lowest BCUT2D eigenvalue weighted by Gasteiger charge is -2.17. The summed E-state index contributed by atoms with van der Waals surface area (Å²) in [6, 6.07) is 11.5. The van der Waals surface area contributed by atoms with E-state index < -0.39 is 24.4 Å². The van der Waals surface area contributed by atoms with Crippen molar-refractivity contribution in [1.29, 1.82) is 0 Å². The van der Waals surface area contributed by atoms with Crippen molar-refractivity contribution in [2.75, 3.05) is 25.5 Å². The Kier molecular flexibility index (Phi) is 6.47. The van der Waals surface area contributed by atoms with E-state index in [1.54, 1.807) is 36.4 Å². The molecule has 25 heavy (non-hydrogen) atoms. The second-order valence-corrected chi connectivity index (χ2v) is 5.48. The maximum Gasteiger partial charge on any atom is 0.357 e. The molecule has 1 N–H and O–H groups in total. The van der Waals surface area contributed by atoms with Crippen LogP contribution in [0.1, 0.15) is 10.5 Å². The molecular formula is C17H16ClN3O4. The van der Waals surface area contributed by atoms with Crippen LogP contribution in [0.25, 0.3) is 0 Å². The zero-order chi connectivity index (χ0) is 18.2. The topological polar surface area (TPSA) is 88.6 Å². The zero-order valence-electron chi connectivity index (χ0n) is 13.4. The van der Waals surface area contributed by atoms with Crippen LogP contribution in [0.5, 0.6) is 0 Å². The SMILES string of the molecule is CN(CC(=O)Nc1ccccc1Cl)C(=O)COC(=O)c1ccccn1. The molecule has 130 valence electrons. The third-order valence-electron chi connectivity index (χ3n) is 3.16. The van der Waals surface area contributed by atoms with Crippen molar-refractivity contribution in [3.63, 3.8) is 0 Å². The van der Waals surface area contributed by atoms with E-state index >= 15 is 0 Å². The number of anilines is 1. The van der Waals surface area contributed by atoms with Gasteiger partial charge >= 0.3 is 5.97 Å². The molecule has 0 atom stereocenters. The normalized spacial score (nSPS) is 10.0. The highest BCUT2D eigenvalue weighted by atomic mass is 35.5. The summed E-state index contributed by atoms with van der Waals surface area (Å²) in [5.41, 5.74) is 0.561. The lowest BCUT2D eigenvalue weighted by Crippen LogP contribution is -2.37. The van der Waals surface area contributed by atoms with Gasteiger partial charge in [0.15, 0.2) is 6.61 Å². The number of carbonyl (C=O) groups is 3. The number of nitrogens with zero attached hydrogens (tertiary/aromatic N) is 2. The third-order valence-corrected chi connectivity index (χ3v) is 3.48. The van der Waals surface area contributed by atoms with Crippen LogP contribution in [-0.4, -0.2) is 47.9 Å². The Morgan fingerprint density at radius 2 is 1.88 bits per heavy atom. The molecule has 1 aromatic carbocycles. The molecule has 0 spiro atoms. The number of aromatic nitrogens is 1. The Hall–Kier alpha value is -2.93. The number of ether oxygens (including phenoxy) is 1. The minimum atomic E-state index is -0.706. The highest BCUT2D eigenvalue weighted by molar-refractivity contribution is 6.33. The number of likely N-dealkylation sites (N-methyl/N-ethyl adjacent to an activating group) is 1. The predicted molar refractivity (Wildman–Crippen MR) is 92.2 cm³/mol. The Balaban J connectivity index is 1.81. The van der Waals surface area contributed by atoms with Gasteiger partial charge in [-0.1, -0.05) is 29.8 Å². The number of benzene rings is 1. The lowest BCUT2D eigenvalue weighted by molar-refractivity contribution is -0.136. The number of rotatable bonds is 6. The number of pyridine rings is 1. The van der Waals surface area contributed by atoms with Crippen LogP contribution >= 0.6 is 11.6 Å². The Morgan fingerprint density at radius 3 is 2.56 bits per heavy atom. The van der Waals surface area contributed by atoms with Gasteiger partial charge in [-0.05, 0) is 24.3 Å². The molecule has 2 amide bonds. The van der Waals surface area contributed by atoms with Crippen LogP contribution in [0.3, 0.4) is 0 Å². The fourth-order valence-corrected chi connectivity index (χ4v) is 2.03. The van der Waals surface area contributed by atoms with E-state index in [1.165, 1.54) is 19.3 Å². The van der Waals surface area contributed by atoms with Crippen molar-refractivity contribution in [3.8, 4) is 0 Å². The highest BCUT2D eigenvalue weighted by Gasteiger charge is 2.16. The Labute approximate surface area is 149 Å². The van der Waals surface area contributed by atoms with Crippen LogP contribution < -0.4 is 5.32 Å². The molecule has 0 radical (unpaired) electrons. The average Bonchev–Trinajstić information content (AvgIpc) is 2.62. The molecule has 0 aliphatic heterocycles. The van der Waals surface area contributed by atoms with E-state index in [4.69, 9.17) is 16.3 Å². The van der Waals surface area contributed by atoms with Crippen molar-refractivity contribution in [2.45, 2.75) is 0 Å². The largest absolute Gasteiger partial charge is 0.451 e. The van der Waals surface area contributed by atoms with Gasteiger partial charge in [-0.25, -0.2) is 9.78 Å². The molecule has 7 nitrogen and oxygen atoms in total. The molecule has 0 saturated carbocycles. The molecule has 1 heterocycles. The fourth-order valence-electron chi connectivity index (χ4n) is 1.85. The molecule has 0 unspecified atom stereocenters. The first kappa shape index (κ1) is 18.4. The first-order valence-electron chi connectivity index (χ1n) is 7.34.